The quantitative estimate of drug-likeness (QED) is 0.733. The first-order valence-corrected chi connectivity index (χ1v) is 7.68. The van der Waals surface area contributed by atoms with Crippen molar-refractivity contribution in [1.29, 1.82) is 0 Å². The van der Waals surface area contributed by atoms with Gasteiger partial charge in [0.15, 0.2) is 0 Å². The number of nitrogens with one attached hydrogen (secondary N) is 2. The third kappa shape index (κ3) is 3.91. The maximum absolute atomic E-state index is 11.0. The van der Waals surface area contributed by atoms with Gasteiger partial charge in [0.05, 0.1) is 17.1 Å². The van der Waals surface area contributed by atoms with Gasteiger partial charge in [-0.3, -0.25) is 4.79 Å². The molecule has 122 valence electrons. The lowest BCUT2D eigenvalue weighted by Crippen LogP contribution is -2.05. The third-order valence-electron chi connectivity index (χ3n) is 3.22. The Morgan fingerprint density at radius 1 is 1.08 bits per heavy atom. The van der Waals surface area contributed by atoms with Crippen LogP contribution < -0.4 is 10.6 Å². The van der Waals surface area contributed by atoms with Crippen molar-refractivity contribution in [2.45, 2.75) is 13.5 Å². The molecule has 0 aliphatic heterocycles. The molecule has 3 rings (SSSR count). The van der Waals surface area contributed by atoms with Gasteiger partial charge in [-0.1, -0.05) is 23.7 Å². The molecule has 3 aromatic rings. The molecule has 7 heteroatoms. The number of rotatable bonds is 5. The van der Waals surface area contributed by atoms with Crippen LogP contribution in [0.3, 0.4) is 0 Å². The van der Waals surface area contributed by atoms with Crippen LogP contribution in [0.15, 0.2) is 52.9 Å². The first kappa shape index (κ1) is 16.0. The van der Waals surface area contributed by atoms with Crippen LogP contribution >= 0.6 is 11.6 Å². The summed E-state index contributed by atoms with van der Waals surface area (Å²) in [5.41, 5.74) is 2.33. The zero-order valence-electron chi connectivity index (χ0n) is 12.9. The number of anilines is 2. The Labute approximate surface area is 143 Å². The summed E-state index contributed by atoms with van der Waals surface area (Å²) in [4.78, 5) is 11.0. The number of amides is 1. The van der Waals surface area contributed by atoms with Crippen LogP contribution in [-0.4, -0.2) is 16.1 Å². The molecule has 0 saturated carbocycles. The van der Waals surface area contributed by atoms with Crippen molar-refractivity contribution in [1.82, 2.24) is 10.2 Å². The molecule has 0 bridgehead atoms. The summed E-state index contributed by atoms with van der Waals surface area (Å²) in [6, 6.07) is 14.6. The van der Waals surface area contributed by atoms with Crippen molar-refractivity contribution >= 4 is 28.9 Å². The Kier molecular flexibility index (Phi) is 4.77. The first-order valence-electron chi connectivity index (χ1n) is 7.30. The Bertz CT molecular complexity index is 846. The van der Waals surface area contributed by atoms with E-state index in [0.29, 0.717) is 28.9 Å². The molecule has 0 aliphatic carbocycles. The molecular formula is C17H15ClN4O2. The van der Waals surface area contributed by atoms with E-state index in [0.717, 1.165) is 11.4 Å². The normalized spacial score (nSPS) is 10.4. The summed E-state index contributed by atoms with van der Waals surface area (Å²) in [6.07, 6.45) is 0. The SMILES string of the molecule is CC(=O)Nc1ccc(NCc2nnc(-c3ccccc3Cl)o2)cc1. The summed E-state index contributed by atoms with van der Waals surface area (Å²) < 4.78 is 5.62. The van der Waals surface area contributed by atoms with Gasteiger partial charge in [-0.2, -0.15) is 0 Å². The van der Waals surface area contributed by atoms with Gasteiger partial charge < -0.3 is 15.1 Å². The minimum absolute atomic E-state index is 0.103. The highest BCUT2D eigenvalue weighted by atomic mass is 35.5. The topological polar surface area (TPSA) is 80.0 Å². The monoisotopic (exact) mass is 342 g/mol. The van der Waals surface area contributed by atoms with E-state index in [2.05, 4.69) is 20.8 Å². The number of hydrogen-bond acceptors (Lipinski definition) is 5. The van der Waals surface area contributed by atoms with Crippen LogP contribution in [0.2, 0.25) is 5.02 Å². The van der Waals surface area contributed by atoms with Gasteiger partial charge in [0.2, 0.25) is 17.7 Å². The lowest BCUT2D eigenvalue weighted by atomic mass is 10.2. The van der Waals surface area contributed by atoms with Crippen LogP contribution in [0.25, 0.3) is 11.5 Å². The molecular weight excluding hydrogens is 328 g/mol. The zero-order chi connectivity index (χ0) is 16.9. The summed E-state index contributed by atoms with van der Waals surface area (Å²) >= 11 is 6.12. The third-order valence-corrected chi connectivity index (χ3v) is 3.55. The standard InChI is InChI=1S/C17H15ClN4O2/c1-11(23)20-13-8-6-12(7-9-13)19-10-16-21-22-17(24-16)14-4-2-3-5-15(14)18/h2-9,19H,10H2,1H3,(H,20,23). The average molecular weight is 343 g/mol. The highest BCUT2D eigenvalue weighted by molar-refractivity contribution is 6.33. The van der Waals surface area contributed by atoms with Crippen LogP contribution in [-0.2, 0) is 11.3 Å². The highest BCUT2D eigenvalue weighted by Gasteiger charge is 2.11. The van der Waals surface area contributed by atoms with Gasteiger partial charge in [-0.15, -0.1) is 10.2 Å². The molecule has 24 heavy (non-hydrogen) atoms. The molecule has 0 atom stereocenters. The van der Waals surface area contributed by atoms with Crippen molar-refractivity contribution in [3.05, 3.63) is 59.4 Å². The molecule has 0 spiro atoms. The number of carbonyl (C=O) groups excluding carboxylic acids is 1. The minimum atomic E-state index is -0.103. The summed E-state index contributed by atoms with van der Waals surface area (Å²) in [6.45, 7) is 1.86. The average Bonchev–Trinajstić information content (AvgIpc) is 3.03. The van der Waals surface area contributed by atoms with E-state index in [9.17, 15) is 4.79 Å². The predicted octanol–water partition coefficient (Wildman–Crippen LogP) is 3.96. The number of benzene rings is 2. The van der Waals surface area contributed by atoms with E-state index in [1.165, 1.54) is 6.92 Å². The fraction of sp³-hybridized carbons (Fsp3) is 0.118. The zero-order valence-corrected chi connectivity index (χ0v) is 13.7. The van der Waals surface area contributed by atoms with E-state index in [1.54, 1.807) is 6.07 Å². The Morgan fingerprint density at radius 2 is 1.79 bits per heavy atom. The molecule has 0 radical (unpaired) electrons. The van der Waals surface area contributed by atoms with Crippen molar-refractivity contribution in [2.75, 3.05) is 10.6 Å². The van der Waals surface area contributed by atoms with Gasteiger partial charge in [-0.25, -0.2) is 0 Å². The molecule has 0 fully saturated rings. The molecule has 1 aromatic heterocycles. The highest BCUT2D eigenvalue weighted by Crippen LogP contribution is 2.26. The summed E-state index contributed by atoms with van der Waals surface area (Å²) in [5.74, 6) is 0.739. The summed E-state index contributed by atoms with van der Waals surface area (Å²) in [5, 5.41) is 14.5. The van der Waals surface area contributed by atoms with E-state index in [-0.39, 0.29) is 5.91 Å². The number of halogens is 1. The molecule has 0 aliphatic rings. The largest absolute Gasteiger partial charge is 0.419 e. The molecule has 1 amide bonds. The van der Waals surface area contributed by atoms with Crippen LogP contribution in [0.5, 0.6) is 0 Å². The fourth-order valence-electron chi connectivity index (χ4n) is 2.12. The van der Waals surface area contributed by atoms with Crippen molar-refractivity contribution in [2.24, 2.45) is 0 Å². The molecule has 0 saturated heterocycles. The molecule has 2 N–H and O–H groups in total. The summed E-state index contributed by atoms with van der Waals surface area (Å²) in [7, 11) is 0. The second kappa shape index (κ2) is 7.14. The second-order valence-corrected chi connectivity index (χ2v) is 5.50. The van der Waals surface area contributed by atoms with Crippen LogP contribution in [0.1, 0.15) is 12.8 Å². The van der Waals surface area contributed by atoms with Crippen molar-refractivity contribution in [3.8, 4) is 11.5 Å². The predicted molar refractivity (Wildman–Crippen MR) is 92.8 cm³/mol. The number of carbonyl (C=O) groups is 1. The molecule has 0 unspecified atom stereocenters. The Hall–Kier alpha value is -2.86. The van der Waals surface area contributed by atoms with Gasteiger partial charge in [0.25, 0.3) is 0 Å². The van der Waals surface area contributed by atoms with Gasteiger partial charge >= 0.3 is 0 Å². The van der Waals surface area contributed by atoms with Crippen LogP contribution in [0, 0.1) is 0 Å². The van der Waals surface area contributed by atoms with E-state index < -0.39 is 0 Å². The van der Waals surface area contributed by atoms with E-state index in [4.69, 9.17) is 16.0 Å². The van der Waals surface area contributed by atoms with Gasteiger partial charge in [-0.05, 0) is 36.4 Å². The van der Waals surface area contributed by atoms with E-state index >= 15 is 0 Å². The molecule has 1 heterocycles. The maximum Gasteiger partial charge on any atom is 0.249 e. The smallest absolute Gasteiger partial charge is 0.249 e. The Balaban J connectivity index is 1.63. The van der Waals surface area contributed by atoms with Crippen molar-refractivity contribution in [3.63, 3.8) is 0 Å². The molecule has 6 nitrogen and oxygen atoms in total. The molecule has 2 aromatic carbocycles. The minimum Gasteiger partial charge on any atom is -0.419 e. The van der Waals surface area contributed by atoms with Crippen molar-refractivity contribution < 1.29 is 9.21 Å². The van der Waals surface area contributed by atoms with Crippen LogP contribution in [0.4, 0.5) is 11.4 Å². The first-order chi connectivity index (χ1) is 11.6. The number of aromatic nitrogens is 2. The van der Waals surface area contributed by atoms with Gasteiger partial charge in [0.1, 0.15) is 0 Å². The maximum atomic E-state index is 11.0. The van der Waals surface area contributed by atoms with E-state index in [1.807, 2.05) is 42.5 Å². The Morgan fingerprint density at radius 3 is 2.50 bits per heavy atom. The lowest BCUT2D eigenvalue weighted by Gasteiger charge is -2.05. The fourth-order valence-corrected chi connectivity index (χ4v) is 2.34. The van der Waals surface area contributed by atoms with Gasteiger partial charge in [0, 0.05) is 18.3 Å². The number of nitrogens with zero attached hydrogens (tertiary/aromatic N) is 2. The second-order valence-electron chi connectivity index (χ2n) is 5.09. The number of hydrogen-bond donors (Lipinski definition) is 2. The lowest BCUT2D eigenvalue weighted by molar-refractivity contribution is -0.114.